The van der Waals surface area contributed by atoms with Gasteiger partial charge in [-0.15, -0.1) is 0 Å². The van der Waals surface area contributed by atoms with E-state index in [4.69, 9.17) is 4.74 Å². The molecule has 128 valence electrons. The van der Waals surface area contributed by atoms with Gasteiger partial charge in [-0.2, -0.15) is 0 Å². The lowest BCUT2D eigenvalue weighted by Gasteiger charge is -2.41. The summed E-state index contributed by atoms with van der Waals surface area (Å²) in [5.74, 6) is 0.145. The SMILES string of the molecule is CCN1CCN(CC(=O)NCC(C)(C)N2CCOCC2)CC1. The molecule has 0 atom stereocenters. The van der Waals surface area contributed by atoms with E-state index < -0.39 is 0 Å². The van der Waals surface area contributed by atoms with Gasteiger partial charge in [0, 0.05) is 51.4 Å². The van der Waals surface area contributed by atoms with Crippen LogP contribution >= 0.6 is 0 Å². The maximum atomic E-state index is 12.2. The third-order valence-electron chi connectivity index (χ3n) is 4.86. The van der Waals surface area contributed by atoms with Crippen molar-refractivity contribution in [2.45, 2.75) is 26.3 Å². The fourth-order valence-corrected chi connectivity index (χ4v) is 3.12. The molecule has 0 aromatic heterocycles. The molecule has 0 saturated carbocycles. The van der Waals surface area contributed by atoms with Crippen molar-refractivity contribution in [3.8, 4) is 0 Å². The van der Waals surface area contributed by atoms with E-state index in [1.807, 2.05) is 0 Å². The highest BCUT2D eigenvalue weighted by atomic mass is 16.5. The maximum Gasteiger partial charge on any atom is 0.234 e. The van der Waals surface area contributed by atoms with Crippen LogP contribution in [0.5, 0.6) is 0 Å². The standard InChI is InChI=1S/C16H32N4O2/c1-4-18-5-7-19(8-6-18)13-15(21)17-14-16(2,3)20-9-11-22-12-10-20/h4-14H2,1-3H3,(H,17,21). The molecule has 1 amide bonds. The van der Waals surface area contributed by atoms with Gasteiger partial charge in [0.25, 0.3) is 0 Å². The second-order valence-electron chi connectivity index (χ2n) is 6.90. The quantitative estimate of drug-likeness (QED) is 0.739. The molecule has 2 fully saturated rings. The molecule has 2 rings (SSSR count). The van der Waals surface area contributed by atoms with Crippen LogP contribution < -0.4 is 5.32 Å². The van der Waals surface area contributed by atoms with Crippen molar-refractivity contribution >= 4 is 5.91 Å². The summed E-state index contributed by atoms with van der Waals surface area (Å²) in [6.07, 6.45) is 0. The van der Waals surface area contributed by atoms with Gasteiger partial charge in [-0.25, -0.2) is 0 Å². The number of morpholine rings is 1. The minimum atomic E-state index is -0.0135. The molecule has 0 bridgehead atoms. The minimum absolute atomic E-state index is 0.0135. The Kier molecular flexibility index (Phi) is 6.62. The van der Waals surface area contributed by atoms with Crippen LogP contribution in [0.1, 0.15) is 20.8 Å². The Labute approximate surface area is 134 Å². The molecule has 0 unspecified atom stereocenters. The third kappa shape index (κ3) is 5.19. The molecule has 2 saturated heterocycles. The summed E-state index contributed by atoms with van der Waals surface area (Å²) in [5.41, 5.74) is -0.0135. The van der Waals surface area contributed by atoms with Gasteiger partial charge in [0.2, 0.25) is 5.91 Å². The number of rotatable bonds is 6. The van der Waals surface area contributed by atoms with Crippen LogP contribution in [0, 0.1) is 0 Å². The lowest BCUT2D eigenvalue weighted by Crippen LogP contribution is -2.56. The van der Waals surface area contributed by atoms with E-state index in [9.17, 15) is 4.79 Å². The average Bonchev–Trinajstić information content (AvgIpc) is 2.55. The first kappa shape index (κ1) is 17.7. The summed E-state index contributed by atoms with van der Waals surface area (Å²) in [7, 11) is 0. The summed E-state index contributed by atoms with van der Waals surface area (Å²) in [4.78, 5) is 19.3. The summed E-state index contributed by atoms with van der Waals surface area (Å²) in [6, 6.07) is 0. The number of amides is 1. The monoisotopic (exact) mass is 312 g/mol. The van der Waals surface area contributed by atoms with Crippen molar-refractivity contribution in [2.24, 2.45) is 0 Å². The second-order valence-corrected chi connectivity index (χ2v) is 6.90. The Balaban J connectivity index is 1.68. The van der Waals surface area contributed by atoms with Gasteiger partial charge in [-0.05, 0) is 20.4 Å². The van der Waals surface area contributed by atoms with E-state index in [2.05, 4.69) is 40.8 Å². The molecule has 0 aromatic rings. The highest BCUT2D eigenvalue weighted by Crippen LogP contribution is 2.15. The fourth-order valence-electron chi connectivity index (χ4n) is 3.12. The first-order valence-corrected chi connectivity index (χ1v) is 8.55. The molecule has 0 radical (unpaired) electrons. The van der Waals surface area contributed by atoms with Crippen molar-refractivity contribution in [3.05, 3.63) is 0 Å². The minimum Gasteiger partial charge on any atom is -0.379 e. The summed E-state index contributed by atoms with van der Waals surface area (Å²) in [5, 5.41) is 3.12. The van der Waals surface area contributed by atoms with Crippen LogP contribution in [0.4, 0.5) is 0 Å². The topological polar surface area (TPSA) is 48.0 Å². The molecule has 2 heterocycles. The molecule has 1 N–H and O–H groups in total. The molecule has 0 aliphatic carbocycles. The van der Waals surface area contributed by atoms with Crippen molar-refractivity contribution in [1.82, 2.24) is 20.0 Å². The normalized spacial score (nSPS) is 22.7. The molecule has 6 nitrogen and oxygen atoms in total. The molecule has 6 heteroatoms. The van der Waals surface area contributed by atoms with Gasteiger partial charge < -0.3 is 15.0 Å². The number of hydrogen-bond donors (Lipinski definition) is 1. The fraction of sp³-hybridized carbons (Fsp3) is 0.938. The van der Waals surface area contributed by atoms with Gasteiger partial charge in [0.05, 0.1) is 19.8 Å². The predicted octanol–water partition coefficient (Wildman–Crippen LogP) is -0.149. The maximum absolute atomic E-state index is 12.2. The number of nitrogens with zero attached hydrogens (tertiary/aromatic N) is 3. The van der Waals surface area contributed by atoms with Gasteiger partial charge in [-0.3, -0.25) is 14.6 Å². The van der Waals surface area contributed by atoms with Crippen LogP contribution in [0.15, 0.2) is 0 Å². The Bertz CT molecular complexity index is 348. The van der Waals surface area contributed by atoms with E-state index in [1.54, 1.807) is 0 Å². The lowest BCUT2D eigenvalue weighted by molar-refractivity contribution is -0.123. The predicted molar refractivity (Wildman–Crippen MR) is 88.0 cm³/mol. The highest BCUT2D eigenvalue weighted by molar-refractivity contribution is 5.78. The van der Waals surface area contributed by atoms with Crippen molar-refractivity contribution < 1.29 is 9.53 Å². The Morgan fingerprint density at radius 3 is 2.23 bits per heavy atom. The van der Waals surface area contributed by atoms with Gasteiger partial charge in [0.15, 0.2) is 0 Å². The number of nitrogens with one attached hydrogen (secondary N) is 1. The van der Waals surface area contributed by atoms with Crippen LogP contribution in [0.25, 0.3) is 0 Å². The molecule has 2 aliphatic heterocycles. The zero-order valence-electron chi connectivity index (χ0n) is 14.4. The summed E-state index contributed by atoms with van der Waals surface area (Å²) < 4.78 is 5.40. The Morgan fingerprint density at radius 1 is 1.05 bits per heavy atom. The molecule has 0 aromatic carbocycles. The van der Waals surface area contributed by atoms with Crippen LogP contribution in [-0.4, -0.2) is 98.3 Å². The van der Waals surface area contributed by atoms with Crippen LogP contribution in [0.2, 0.25) is 0 Å². The smallest absolute Gasteiger partial charge is 0.234 e. The number of carbonyl (C=O) groups excluding carboxylic acids is 1. The number of piperazine rings is 1. The molecular weight excluding hydrogens is 280 g/mol. The van der Waals surface area contributed by atoms with Crippen LogP contribution in [0.3, 0.4) is 0 Å². The first-order chi connectivity index (χ1) is 10.5. The molecule has 22 heavy (non-hydrogen) atoms. The first-order valence-electron chi connectivity index (χ1n) is 8.55. The van der Waals surface area contributed by atoms with Crippen LogP contribution in [-0.2, 0) is 9.53 Å². The Morgan fingerprint density at radius 2 is 1.64 bits per heavy atom. The van der Waals surface area contributed by atoms with Gasteiger partial charge in [0.1, 0.15) is 0 Å². The van der Waals surface area contributed by atoms with E-state index in [1.165, 1.54) is 0 Å². The average molecular weight is 312 g/mol. The summed E-state index contributed by atoms with van der Waals surface area (Å²) >= 11 is 0. The number of hydrogen-bond acceptors (Lipinski definition) is 5. The third-order valence-corrected chi connectivity index (χ3v) is 4.86. The zero-order valence-corrected chi connectivity index (χ0v) is 14.4. The molecular formula is C16H32N4O2. The Hall–Kier alpha value is -0.690. The van der Waals surface area contributed by atoms with E-state index in [0.29, 0.717) is 13.1 Å². The van der Waals surface area contributed by atoms with E-state index in [-0.39, 0.29) is 11.4 Å². The van der Waals surface area contributed by atoms with Crippen molar-refractivity contribution in [1.29, 1.82) is 0 Å². The lowest BCUT2D eigenvalue weighted by atomic mass is 10.0. The van der Waals surface area contributed by atoms with Crippen molar-refractivity contribution in [2.75, 3.05) is 72.1 Å². The molecule has 2 aliphatic rings. The van der Waals surface area contributed by atoms with Gasteiger partial charge >= 0.3 is 0 Å². The summed E-state index contributed by atoms with van der Waals surface area (Å²) in [6.45, 7) is 16.5. The van der Waals surface area contributed by atoms with Crippen molar-refractivity contribution in [3.63, 3.8) is 0 Å². The zero-order chi connectivity index (χ0) is 16.0. The second kappa shape index (κ2) is 8.24. The van der Waals surface area contributed by atoms with E-state index in [0.717, 1.165) is 59.0 Å². The largest absolute Gasteiger partial charge is 0.379 e. The number of ether oxygens (including phenoxy) is 1. The van der Waals surface area contributed by atoms with E-state index >= 15 is 0 Å². The molecule has 0 spiro atoms. The number of carbonyl (C=O) groups is 1. The highest BCUT2D eigenvalue weighted by Gasteiger charge is 2.28. The number of likely N-dealkylation sites (N-methyl/N-ethyl adjacent to an activating group) is 1. The van der Waals surface area contributed by atoms with Gasteiger partial charge in [-0.1, -0.05) is 6.92 Å².